The van der Waals surface area contributed by atoms with Crippen molar-refractivity contribution in [3.63, 3.8) is 0 Å². The first-order valence-corrected chi connectivity index (χ1v) is 9.63. The lowest BCUT2D eigenvalue weighted by Gasteiger charge is -2.32. The van der Waals surface area contributed by atoms with Crippen molar-refractivity contribution >= 4 is 29.2 Å². The summed E-state index contributed by atoms with van der Waals surface area (Å²) in [5.41, 5.74) is 2.22. The van der Waals surface area contributed by atoms with Gasteiger partial charge in [-0.1, -0.05) is 18.9 Å². The van der Waals surface area contributed by atoms with Crippen LogP contribution in [0.5, 0.6) is 0 Å². The van der Waals surface area contributed by atoms with Crippen LogP contribution in [0, 0.1) is 12.8 Å². The van der Waals surface area contributed by atoms with Crippen LogP contribution < -0.4 is 10.2 Å². The number of nitrogens with zero attached hydrogens (tertiary/aromatic N) is 1. The molecular formula is C21H26N2O6. The van der Waals surface area contributed by atoms with Crippen LogP contribution in [-0.2, 0) is 28.6 Å². The number of ether oxygens (including phenoxy) is 3. The van der Waals surface area contributed by atoms with Gasteiger partial charge in [0.05, 0.1) is 26.4 Å². The summed E-state index contributed by atoms with van der Waals surface area (Å²) in [6.07, 6.45) is 3.96. The fraction of sp³-hybridized carbons (Fsp3) is 0.476. The van der Waals surface area contributed by atoms with Crippen molar-refractivity contribution in [1.29, 1.82) is 0 Å². The normalized spacial score (nSPS) is 17.3. The van der Waals surface area contributed by atoms with E-state index in [-0.39, 0.29) is 36.4 Å². The molecule has 0 aromatic heterocycles. The maximum absolute atomic E-state index is 12.6. The van der Waals surface area contributed by atoms with Crippen LogP contribution in [0.1, 0.15) is 31.2 Å². The highest BCUT2D eigenvalue weighted by Crippen LogP contribution is 2.33. The molecule has 8 heteroatoms. The second-order valence-corrected chi connectivity index (χ2v) is 7.14. The van der Waals surface area contributed by atoms with Gasteiger partial charge in [0.25, 0.3) is 0 Å². The number of rotatable bonds is 5. The zero-order valence-electron chi connectivity index (χ0n) is 16.9. The molecule has 1 aromatic rings. The van der Waals surface area contributed by atoms with Gasteiger partial charge < -0.3 is 24.4 Å². The van der Waals surface area contributed by atoms with Gasteiger partial charge in [-0.2, -0.15) is 0 Å². The van der Waals surface area contributed by atoms with Crippen molar-refractivity contribution in [2.75, 3.05) is 37.8 Å². The number of hydrogen-bond acceptors (Lipinski definition) is 7. The molecule has 1 N–H and O–H groups in total. The molecule has 1 aliphatic carbocycles. The molecular weight excluding hydrogens is 376 g/mol. The molecule has 0 bridgehead atoms. The number of benzene rings is 1. The zero-order chi connectivity index (χ0) is 21.0. The minimum atomic E-state index is -0.659. The standard InChI is InChI=1S/C21H26N2O6/c1-13-16(22-19(24)14-7-4-5-8-14)9-6-10-17(13)23-12-29-11-15(20(25)27-2)18(23)21(26)28-3/h6,9-10,14H,4-5,7-8,11-12H2,1-3H3,(H,22,24). The van der Waals surface area contributed by atoms with E-state index in [4.69, 9.17) is 14.2 Å². The molecule has 0 spiro atoms. The fourth-order valence-corrected chi connectivity index (χ4v) is 3.81. The SMILES string of the molecule is COC(=O)C1=C(C(=O)OC)N(c2cccc(NC(=O)C3CCCC3)c2C)COC1. The number of esters is 2. The number of nitrogens with one attached hydrogen (secondary N) is 1. The molecule has 29 heavy (non-hydrogen) atoms. The first-order chi connectivity index (χ1) is 14.0. The van der Waals surface area contributed by atoms with Gasteiger partial charge in [-0.05, 0) is 37.5 Å². The lowest BCUT2D eigenvalue weighted by Crippen LogP contribution is -2.39. The van der Waals surface area contributed by atoms with Gasteiger partial charge in [0, 0.05) is 17.3 Å². The number of anilines is 2. The molecule has 1 fully saturated rings. The summed E-state index contributed by atoms with van der Waals surface area (Å²) >= 11 is 0. The largest absolute Gasteiger partial charge is 0.466 e. The highest BCUT2D eigenvalue weighted by atomic mass is 16.5. The van der Waals surface area contributed by atoms with Crippen LogP contribution >= 0.6 is 0 Å². The first-order valence-electron chi connectivity index (χ1n) is 9.63. The van der Waals surface area contributed by atoms with Gasteiger partial charge >= 0.3 is 11.9 Å². The molecule has 1 heterocycles. The van der Waals surface area contributed by atoms with Gasteiger partial charge in [0.2, 0.25) is 5.91 Å². The Kier molecular flexibility index (Phi) is 6.53. The van der Waals surface area contributed by atoms with E-state index >= 15 is 0 Å². The average Bonchev–Trinajstić information content (AvgIpc) is 3.28. The smallest absolute Gasteiger partial charge is 0.355 e. The molecule has 3 rings (SSSR count). The van der Waals surface area contributed by atoms with E-state index in [9.17, 15) is 14.4 Å². The van der Waals surface area contributed by atoms with Crippen LogP contribution in [0.25, 0.3) is 0 Å². The van der Waals surface area contributed by atoms with E-state index in [2.05, 4.69) is 5.32 Å². The lowest BCUT2D eigenvalue weighted by molar-refractivity contribution is -0.140. The Morgan fingerprint density at radius 2 is 1.79 bits per heavy atom. The topological polar surface area (TPSA) is 94.2 Å². The number of carbonyl (C=O) groups is 3. The molecule has 1 amide bonds. The van der Waals surface area contributed by atoms with Gasteiger partial charge in [0.15, 0.2) is 0 Å². The predicted octanol–water partition coefficient (Wildman–Crippen LogP) is 2.52. The predicted molar refractivity (Wildman–Crippen MR) is 106 cm³/mol. The number of hydrogen-bond donors (Lipinski definition) is 1. The average molecular weight is 402 g/mol. The highest BCUT2D eigenvalue weighted by Gasteiger charge is 2.33. The Labute approximate surface area is 169 Å². The summed E-state index contributed by atoms with van der Waals surface area (Å²) < 4.78 is 15.2. The maximum atomic E-state index is 12.6. The lowest BCUT2D eigenvalue weighted by atomic mass is 10.1. The molecule has 0 radical (unpaired) electrons. The van der Waals surface area contributed by atoms with Gasteiger partial charge in [-0.25, -0.2) is 9.59 Å². The van der Waals surface area contributed by atoms with E-state index in [1.165, 1.54) is 14.2 Å². The summed E-state index contributed by atoms with van der Waals surface area (Å²) in [4.78, 5) is 38.8. The molecule has 0 atom stereocenters. The van der Waals surface area contributed by atoms with Crippen molar-refractivity contribution in [3.05, 3.63) is 35.0 Å². The summed E-state index contributed by atoms with van der Waals surface area (Å²) in [5.74, 6) is -1.27. The Morgan fingerprint density at radius 3 is 2.45 bits per heavy atom. The molecule has 0 saturated heterocycles. The van der Waals surface area contributed by atoms with Crippen molar-refractivity contribution in [3.8, 4) is 0 Å². The van der Waals surface area contributed by atoms with Crippen LogP contribution in [0.2, 0.25) is 0 Å². The Hall–Kier alpha value is -2.87. The van der Waals surface area contributed by atoms with E-state index in [0.717, 1.165) is 31.2 Å². The van der Waals surface area contributed by atoms with Crippen LogP contribution in [0.3, 0.4) is 0 Å². The fourth-order valence-electron chi connectivity index (χ4n) is 3.81. The molecule has 1 saturated carbocycles. The van der Waals surface area contributed by atoms with Gasteiger partial charge in [0.1, 0.15) is 12.4 Å². The van der Waals surface area contributed by atoms with Crippen molar-refractivity contribution in [1.82, 2.24) is 0 Å². The second kappa shape index (κ2) is 9.09. The third kappa shape index (κ3) is 4.27. The minimum absolute atomic E-state index is 0.0108. The molecule has 1 aromatic carbocycles. The number of methoxy groups -OCH3 is 2. The molecule has 8 nitrogen and oxygen atoms in total. The third-order valence-corrected chi connectivity index (χ3v) is 5.41. The monoisotopic (exact) mass is 402 g/mol. The van der Waals surface area contributed by atoms with Crippen LogP contribution in [0.15, 0.2) is 29.5 Å². The first kappa shape index (κ1) is 20.9. The minimum Gasteiger partial charge on any atom is -0.466 e. The van der Waals surface area contributed by atoms with Crippen LogP contribution in [0.4, 0.5) is 11.4 Å². The Morgan fingerprint density at radius 1 is 1.10 bits per heavy atom. The van der Waals surface area contributed by atoms with Crippen molar-refractivity contribution < 1.29 is 28.6 Å². The Bertz CT molecular complexity index is 842. The van der Waals surface area contributed by atoms with Gasteiger partial charge in [-0.15, -0.1) is 0 Å². The molecule has 1 aliphatic heterocycles. The summed E-state index contributed by atoms with van der Waals surface area (Å²) in [6.45, 7) is 1.86. The van der Waals surface area contributed by atoms with Crippen molar-refractivity contribution in [2.24, 2.45) is 5.92 Å². The number of amides is 1. The summed E-state index contributed by atoms with van der Waals surface area (Å²) in [6, 6.07) is 5.40. The second-order valence-electron chi connectivity index (χ2n) is 7.14. The van der Waals surface area contributed by atoms with E-state index in [1.807, 2.05) is 13.0 Å². The molecule has 2 aliphatic rings. The number of carbonyl (C=O) groups excluding carboxylic acids is 3. The van der Waals surface area contributed by atoms with Crippen molar-refractivity contribution in [2.45, 2.75) is 32.6 Å². The van der Waals surface area contributed by atoms with Gasteiger partial charge in [-0.3, -0.25) is 4.79 Å². The highest BCUT2D eigenvalue weighted by molar-refractivity contribution is 6.04. The third-order valence-electron chi connectivity index (χ3n) is 5.41. The Balaban J connectivity index is 1.97. The quantitative estimate of drug-likeness (QED) is 0.756. The maximum Gasteiger partial charge on any atom is 0.355 e. The summed E-state index contributed by atoms with van der Waals surface area (Å²) in [7, 11) is 2.50. The zero-order valence-corrected chi connectivity index (χ0v) is 16.9. The summed E-state index contributed by atoms with van der Waals surface area (Å²) in [5, 5.41) is 3.00. The van der Waals surface area contributed by atoms with E-state index in [0.29, 0.717) is 11.4 Å². The molecule has 0 unspecified atom stereocenters. The van der Waals surface area contributed by atoms with E-state index < -0.39 is 11.9 Å². The van der Waals surface area contributed by atoms with E-state index in [1.54, 1.807) is 17.0 Å². The van der Waals surface area contributed by atoms with Crippen LogP contribution in [-0.4, -0.2) is 45.4 Å². The molecule has 156 valence electrons.